The molecule has 6 heteroatoms. The van der Waals surface area contributed by atoms with Crippen molar-refractivity contribution in [2.45, 2.75) is 6.42 Å². The molecule has 2 aromatic rings. The third-order valence-electron chi connectivity index (χ3n) is 1.94. The largest absolute Gasteiger partial charge is 0.368 e. The summed E-state index contributed by atoms with van der Waals surface area (Å²) in [5, 5.41) is 3.14. The van der Waals surface area contributed by atoms with Gasteiger partial charge in [0.05, 0.1) is 6.33 Å². The first kappa shape index (κ1) is 9.45. The van der Waals surface area contributed by atoms with Gasteiger partial charge >= 0.3 is 0 Å². The summed E-state index contributed by atoms with van der Waals surface area (Å²) in [7, 11) is 0. The second-order valence-electron chi connectivity index (χ2n) is 3.04. The highest BCUT2D eigenvalue weighted by Crippen LogP contribution is 2.16. The van der Waals surface area contributed by atoms with Crippen molar-refractivity contribution in [3.63, 3.8) is 0 Å². The molecule has 0 aliphatic rings. The summed E-state index contributed by atoms with van der Waals surface area (Å²) in [6, 6.07) is 0. The van der Waals surface area contributed by atoms with Crippen LogP contribution in [0.1, 0.15) is 6.42 Å². The van der Waals surface area contributed by atoms with E-state index in [4.69, 9.17) is 5.73 Å². The minimum atomic E-state index is 0.218. The second-order valence-corrected chi connectivity index (χ2v) is 3.04. The fourth-order valence-corrected chi connectivity index (χ4v) is 1.27. The Bertz CT molecular complexity index is 474. The van der Waals surface area contributed by atoms with Crippen LogP contribution in [0.15, 0.2) is 19.0 Å². The molecule has 2 heterocycles. The number of imidazole rings is 1. The molecule has 0 radical (unpaired) electrons. The molecule has 0 aliphatic carbocycles. The molecule has 0 bridgehead atoms. The number of aromatic nitrogens is 4. The standard InChI is InChI=1S/C9H12N6/c1-2-3-4-11-7-6-8(13-5-12-6)15-9(10)14-7/h2,5H,1,3-4H2,(H4,10,11,12,13,14,15). The van der Waals surface area contributed by atoms with Crippen molar-refractivity contribution in [1.82, 2.24) is 19.9 Å². The van der Waals surface area contributed by atoms with Crippen LogP contribution in [0.25, 0.3) is 11.2 Å². The quantitative estimate of drug-likeness (QED) is 0.508. The van der Waals surface area contributed by atoms with Crippen molar-refractivity contribution in [2.75, 3.05) is 17.6 Å². The van der Waals surface area contributed by atoms with Crippen LogP contribution < -0.4 is 11.1 Å². The van der Waals surface area contributed by atoms with Crippen LogP contribution in [0.4, 0.5) is 11.8 Å². The topological polar surface area (TPSA) is 92.5 Å². The molecule has 0 aromatic carbocycles. The second kappa shape index (κ2) is 3.95. The van der Waals surface area contributed by atoms with Gasteiger partial charge in [-0.3, -0.25) is 0 Å². The maximum atomic E-state index is 5.55. The van der Waals surface area contributed by atoms with Crippen LogP contribution in [-0.2, 0) is 0 Å². The highest BCUT2D eigenvalue weighted by atomic mass is 15.1. The highest BCUT2D eigenvalue weighted by molar-refractivity contribution is 5.83. The van der Waals surface area contributed by atoms with Crippen molar-refractivity contribution in [3.05, 3.63) is 19.0 Å². The molecule has 78 valence electrons. The van der Waals surface area contributed by atoms with Gasteiger partial charge in [0.25, 0.3) is 0 Å². The number of nitrogens with one attached hydrogen (secondary N) is 2. The van der Waals surface area contributed by atoms with E-state index in [-0.39, 0.29) is 5.95 Å². The number of anilines is 2. The summed E-state index contributed by atoms with van der Waals surface area (Å²) in [4.78, 5) is 15.1. The maximum absolute atomic E-state index is 5.55. The summed E-state index contributed by atoms with van der Waals surface area (Å²) in [5.41, 5.74) is 6.90. The van der Waals surface area contributed by atoms with Crippen molar-refractivity contribution in [3.8, 4) is 0 Å². The minimum absolute atomic E-state index is 0.218. The van der Waals surface area contributed by atoms with Crippen molar-refractivity contribution in [2.24, 2.45) is 0 Å². The van der Waals surface area contributed by atoms with Gasteiger partial charge in [-0.05, 0) is 6.42 Å². The molecular formula is C9H12N6. The maximum Gasteiger partial charge on any atom is 0.224 e. The summed E-state index contributed by atoms with van der Waals surface area (Å²) in [6.07, 6.45) is 4.26. The molecule has 0 fully saturated rings. The fraction of sp³-hybridized carbons (Fsp3) is 0.222. The summed E-state index contributed by atoms with van der Waals surface area (Å²) in [6.45, 7) is 4.40. The number of nitrogen functional groups attached to an aromatic ring is 1. The first-order chi connectivity index (χ1) is 7.31. The van der Waals surface area contributed by atoms with E-state index >= 15 is 0 Å². The Hall–Kier alpha value is -2.11. The number of nitrogens with zero attached hydrogens (tertiary/aromatic N) is 3. The highest BCUT2D eigenvalue weighted by Gasteiger charge is 2.06. The Morgan fingerprint density at radius 2 is 2.40 bits per heavy atom. The van der Waals surface area contributed by atoms with Gasteiger partial charge in [-0.15, -0.1) is 6.58 Å². The van der Waals surface area contributed by atoms with E-state index in [9.17, 15) is 0 Å². The third kappa shape index (κ3) is 1.88. The zero-order valence-electron chi connectivity index (χ0n) is 8.20. The number of H-pyrrole nitrogens is 1. The molecule has 4 N–H and O–H groups in total. The Kier molecular flexibility index (Phi) is 2.49. The SMILES string of the molecule is C=CCCNc1nc(N)nc2nc[nH]c12. The van der Waals surface area contributed by atoms with Gasteiger partial charge in [-0.2, -0.15) is 9.97 Å². The summed E-state index contributed by atoms with van der Waals surface area (Å²) >= 11 is 0. The van der Waals surface area contributed by atoms with Gasteiger partial charge < -0.3 is 16.0 Å². The minimum Gasteiger partial charge on any atom is -0.368 e. The number of hydrogen-bond acceptors (Lipinski definition) is 5. The molecular weight excluding hydrogens is 192 g/mol. The van der Waals surface area contributed by atoms with Gasteiger partial charge in [0.2, 0.25) is 5.95 Å². The summed E-state index contributed by atoms with van der Waals surface area (Å²) in [5.74, 6) is 0.896. The van der Waals surface area contributed by atoms with Crippen LogP contribution >= 0.6 is 0 Å². The lowest BCUT2D eigenvalue weighted by Gasteiger charge is -2.04. The average Bonchev–Trinajstić information content (AvgIpc) is 2.65. The molecule has 0 saturated heterocycles. The first-order valence-electron chi connectivity index (χ1n) is 4.62. The zero-order valence-corrected chi connectivity index (χ0v) is 8.20. The van der Waals surface area contributed by atoms with E-state index in [2.05, 4.69) is 31.8 Å². The molecule has 6 nitrogen and oxygen atoms in total. The Labute approximate surface area is 86.6 Å². The number of aromatic amines is 1. The predicted octanol–water partition coefficient (Wildman–Crippen LogP) is 0.923. The predicted molar refractivity (Wildman–Crippen MR) is 59.4 cm³/mol. The van der Waals surface area contributed by atoms with Gasteiger partial charge in [0.15, 0.2) is 11.5 Å². The van der Waals surface area contributed by atoms with Crippen molar-refractivity contribution < 1.29 is 0 Å². The molecule has 0 aliphatic heterocycles. The van der Waals surface area contributed by atoms with E-state index in [1.54, 1.807) is 6.33 Å². The monoisotopic (exact) mass is 204 g/mol. The van der Waals surface area contributed by atoms with E-state index < -0.39 is 0 Å². The van der Waals surface area contributed by atoms with Crippen LogP contribution in [-0.4, -0.2) is 26.5 Å². The smallest absolute Gasteiger partial charge is 0.224 e. The molecule has 2 aromatic heterocycles. The number of fused-ring (bicyclic) bond motifs is 1. The van der Waals surface area contributed by atoms with Crippen molar-refractivity contribution in [1.29, 1.82) is 0 Å². The Morgan fingerprint density at radius 3 is 3.20 bits per heavy atom. The van der Waals surface area contributed by atoms with Crippen LogP contribution in [0.2, 0.25) is 0 Å². The molecule has 0 atom stereocenters. The lowest BCUT2D eigenvalue weighted by molar-refractivity contribution is 1.05. The first-order valence-corrected chi connectivity index (χ1v) is 4.62. The Balaban J connectivity index is 2.31. The van der Waals surface area contributed by atoms with Crippen LogP contribution in [0, 0.1) is 0 Å². The molecule has 0 saturated carbocycles. The van der Waals surface area contributed by atoms with Gasteiger partial charge in [0, 0.05) is 6.54 Å². The third-order valence-corrected chi connectivity index (χ3v) is 1.94. The van der Waals surface area contributed by atoms with Crippen LogP contribution in [0.5, 0.6) is 0 Å². The fourth-order valence-electron chi connectivity index (χ4n) is 1.27. The Morgan fingerprint density at radius 1 is 1.53 bits per heavy atom. The lowest BCUT2D eigenvalue weighted by Crippen LogP contribution is -2.06. The normalized spacial score (nSPS) is 10.4. The zero-order chi connectivity index (χ0) is 10.7. The molecule has 0 unspecified atom stereocenters. The summed E-state index contributed by atoms with van der Waals surface area (Å²) < 4.78 is 0. The lowest BCUT2D eigenvalue weighted by atomic mass is 10.4. The molecule has 0 amide bonds. The number of rotatable bonds is 4. The number of hydrogen-bond donors (Lipinski definition) is 3. The van der Waals surface area contributed by atoms with Gasteiger partial charge in [-0.25, -0.2) is 4.98 Å². The van der Waals surface area contributed by atoms with E-state index in [1.807, 2.05) is 6.08 Å². The van der Waals surface area contributed by atoms with E-state index in [1.165, 1.54) is 0 Å². The average molecular weight is 204 g/mol. The van der Waals surface area contributed by atoms with Crippen molar-refractivity contribution >= 4 is 22.9 Å². The molecule has 15 heavy (non-hydrogen) atoms. The van der Waals surface area contributed by atoms with Crippen LogP contribution in [0.3, 0.4) is 0 Å². The van der Waals surface area contributed by atoms with E-state index in [0.717, 1.165) is 18.5 Å². The molecule has 2 rings (SSSR count). The number of nitrogens with two attached hydrogens (primary N) is 1. The molecule has 0 spiro atoms. The van der Waals surface area contributed by atoms with E-state index in [0.29, 0.717) is 11.5 Å². The van der Waals surface area contributed by atoms with Gasteiger partial charge in [-0.1, -0.05) is 6.08 Å². The van der Waals surface area contributed by atoms with Gasteiger partial charge in [0.1, 0.15) is 5.52 Å².